The number of hydrogen-bond acceptors (Lipinski definition) is 6. The molecule has 0 unspecified atom stereocenters. The van der Waals surface area contributed by atoms with E-state index in [1.165, 1.54) is 0 Å². The molecule has 5 nitrogen and oxygen atoms in total. The molecule has 6 heteroatoms. The maximum absolute atomic E-state index is 11.9. The van der Waals surface area contributed by atoms with Crippen LogP contribution in [-0.2, 0) is 9.47 Å². The highest BCUT2D eigenvalue weighted by Gasteiger charge is 2.24. The van der Waals surface area contributed by atoms with Gasteiger partial charge in [0.05, 0.1) is 18.8 Å². The number of ether oxygens (including phenoxy) is 2. The van der Waals surface area contributed by atoms with Gasteiger partial charge in [-0.3, -0.25) is 0 Å². The summed E-state index contributed by atoms with van der Waals surface area (Å²) in [6.45, 7) is 6.05. The van der Waals surface area contributed by atoms with E-state index < -0.39 is 11.9 Å². The zero-order chi connectivity index (χ0) is 14.4. The third kappa shape index (κ3) is 3.70. The first-order chi connectivity index (χ1) is 9.02. The molecular formula is C13H19NO4S. The van der Waals surface area contributed by atoms with E-state index in [0.717, 1.165) is 24.2 Å². The van der Waals surface area contributed by atoms with Gasteiger partial charge in [0.25, 0.3) is 0 Å². The molecule has 2 N–H and O–H groups in total. The number of thiophene rings is 1. The second-order valence-electron chi connectivity index (χ2n) is 4.01. The smallest absolute Gasteiger partial charge is 0.348 e. The lowest BCUT2D eigenvalue weighted by atomic mass is 10.1. The van der Waals surface area contributed by atoms with Crippen LogP contribution in [0.4, 0.5) is 5.00 Å². The first-order valence-corrected chi connectivity index (χ1v) is 7.07. The van der Waals surface area contributed by atoms with Crippen molar-refractivity contribution >= 4 is 28.3 Å². The van der Waals surface area contributed by atoms with E-state index >= 15 is 0 Å². The van der Waals surface area contributed by atoms with E-state index in [-0.39, 0.29) is 12.2 Å². The molecule has 0 radical (unpaired) electrons. The molecule has 0 saturated heterocycles. The standard InChI is InChI=1S/C13H19NO4S/c1-4-6-7-18-13(16)10-8(3)9(11(14)19-10)12(15)17-5-2/h4-7,14H2,1-3H3. The molecule has 1 heterocycles. The Balaban J connectivity index is 2.89. The number of unbranched alkanes of at least 4 members (excludes halogenated alkanes) is 1. The van der Waals surface area contributed by atoms with E-state index in [9.17, 15) is 9.59 Å². The van der Waals surface area contributed by atoms with Crippen LogP contribution in [0.25, 0.3) is 0 Å². The molecule has 106 valence electrons. The predicted octanol–water partition coefficient (Wildman–Crippen LogP) is 2.77. The van der Waals surface area contributed by atoms with E-state index in [1.807, 2.05) is 6.92 Å². The van der Waals surface area contributed by atoms with Gasteiger partial charge in [-0.15, -0.1) is 11.3 Å². The summed E-state index contributed by atoms with van der Waals surface area (Å²) in [4.78, 5) is 24.0. The summed E-state index contributed by atoms with van der Waals surface area (Å²) < 4.78 is 10.0. The summed E-state index contributed by atoms with van der Waals surface area (Å²) in [5.41, 5.74) is 6.58. The lowest BCUT2D eigenvalue weighted by Gasteiger charge is -2.04. The average Bonchev–Trinajstić information content (AvgIpc) is 2.65. The maximum atomic E-state index is 11.9. The number of anilines is 1. The summed E-state index contributed by atoms with van der Waals surface area (Å²) in [6, 6.07) is 0. The van der Waals surface area contributed by atoms with Crippen LogP contribution in [0.15, 0.2) is 0 Å². The fourth-order valence-corrected chi connectivity index (χ4v) is 2.52. The molecule has 19 heavy (non-hydrogen) atoms. The van der Waals surface area contributed by atoms with E-state index in [0.29, 0.717) is 22.0 Å². The SMILES string of the molecule is CCCCOC(=O)c1sc(N)c(C(=O)OCC)c1C. The Kier molecular flexibility index (Phi) is 5.82. The highest BCUT2D eigenvalue weighted by Crippen LogP contribution is 2.31. The Morgan fingerprint density at radius 2 is 1.89 bits per heavy atom. The summed E-state index contributed by atoms with van der Waals surface area (Å²) >= 11 is 1.06. The van der Waals surface area contributed by atoms with Crippen LogP contribution in [0.3, 0.4) is 0 Å². The van der Waals surface area contributed by atoms with Crippen molar-refractivity contribution in [3.8, 4) is 0 Å². The second-order valence-corrected chi connectivity index (χ2v) is 5.06. The molecule has 0 spiro atoms. The second kappa shape index (κ2) is 7.13. The van der Waals surface area contributed by atoms with E-state index in [2.05, 4.69) is 0 Å². The third-order valence-electron chi connectivity index (χ3n) is 2.57. The molecule has 0 bridgehead atoms. The molecule has 0 fully saturated rings. The van der Waals surface area contributed by atoms with Crippen LogP contribution in [0.2, 0.25) is 0 Å². The van der Waals surface area contributed by atoms with Crippen molar-refractivity contribution in [2.75, 3.05) is 18.9 Å². The van der Waals surface area contributed by atoms with Gasteiger partial charge in [0.15, 0.2) is 0 Å². The fourth-order valence-electron chi connectivity index (χ4n) is 1.56. The fraction of sp³-hybridized carbons (Fsp3) is 0.538. The topological polar surface area (TPSA) is 78.6 Å². The minimum Gasteiger partial charge on any atom is -0.462 e. The van der Waals surface area contributed by atoms with Crippen molar-refractivity contribution in [3.05, 3.63) is 16.0 Å². The Hall–Kier alpha value is -1.56. The number of hydrogen-bond donors (Lipinski definition) is 1. The first-order valence-electron chi connectivity index (χ1n) is 6.25. The normalized spacial score (nSPS) is 10.3. The van der Waals surface area contributed by atoms with Gasteiger partial charge in [0.2, 0.25) is 0 Å². The van der Waals surface area contributed by atoms with Crippen molar-refractivity contribution in [1.82, 2.24) is 0 Å². The summed E-state index contributed by atoms with van der Waals surface area (Å²) in [5, 5.41) is 0.290. The van der Waals surface area contributed by atoms with Crippen molar-refractivity contribution in [2.45, 2.75) is 33.6 Å². The number of carbonyl (C=O) groups is 2. The van der Waals surface area contributed by atoms with Crippen LogP contribution in [-0.4, -0.2) is 25.2 Å². The zero-order valence-corrected chi connectivity index (χ0v) is 12.3. The van der Waals surface area contributed by atoms with Crippen LogP contribution in [0.1, 0.15) is 52.3 Å². The number of carbonyl (C=O) groups excluding carboxylic acids is 2. The molecule has 1 aromatic heterocycles. The molecule has 0 aliphatic rings. The van der Waals surface area contributed by atoms with Crippen molar-refractivity contribution in [1.29, 1.82) is 0 Å². The molecule has 0 aliphatic carbocycles. The van der Waals surface area contributed by atoms with Crippen molar-refractivity contribution in [3.63, 3.8) is 0 Å². The minimum atomic E-state index is -0.499. The highest BCUT2D eigenvalue weighted by atomic mass is 32.1. The number of rotatable bonds is 6. The number of esters is 2. The third-order valence-corrected chi connectivity index (χ3v) is 3.67. The van der Waals surface area contributed by atoms with Crippen molar-refractivity contribution < 1.29 is 19.1 Å². The average molecular weight is 285 g/mol. The minimum absolute atomic E-state index is 0.268. The van der Waals surface area contributed by atoms with Crippen molar-refractivity contribution in [2.24, 2.45) is 0 Å². The van der Waals surface area contributed by atoms with Gasteiger partial charge in [-0.05, 0) is 25.8 Å². The van der Waals surface area contributed by atoms with Gasteiger partial charge in [0.1, 0.15) is 9.88 Å². The van der Waals surface area contributed by atoms with Gasteiger partial charge in [-0.1, -0.05) is 13.3 Å². The summed E-state index contributed by atoms with van der Waals surface area (Å²) in [7, 11) is 0. The van der Waals surface area contributed by atoms with Crippen LogP contribution in [0.5, 0.6) is 0 Å². The van der Waals surface area contributed by atoms with Gasteiger partial charge >= 0.3 is 11.9 Å². The molecule has 0 atom stereocenters. The molecular weight excluding hydrogens is 266 g/mol. The van der Waals surface area contributed by atoms with Crippen LogP contribution < -0.4 is 5.73 Å². The van der Waals surface area contributed by atoms with E-state index in [4.69, 9.17) is 15.2 Å². The lowest BCUT2D eigenvalue weighted by molar-refractivity contribution is 0.0504. The molecule has 0 aliphatic heterocycles. The summed E-state index contributed by atoms with van der Waals surface area (Å²) in [6.07, 6.45) is 1.77. The Morgan fingerprint density at radius 1 is 1.21 bits per heavy atom. The highest BCUT2D eigenvalue weighted by molar-refractivity contribution is 7.18. The molecule has 1 aromatic rings. The Bertz CT molecular complexity index is 467. The largest absolute Gasteiger partial charge is 0.462 e. The van der Waals surface area contributed by atoms with Crippen LogP contribution >= 0.6 is 11.3 Å². The lowest BCUT2D eigenvalue weighted by Crippen LogP contribution is -2.09. The molecule has 0 amide bonds. The van der Waals surface area contributed by atoms with Gasteiger partial charge in [-0.25, -0.2) is 9.59 Å². The molecule has 0 saturated carbocycles. The quantitative estimate of drug-likeness (QED) is 0.642. The van der Waals surface area contributed by atoms with Gasteiger partial charge in [0, 0.05) is 0 Å². The predicted molar refractivity (Wildman–Crippen MR) is 74.6 cm³/mol. The molecule has 1 rings (SSSR count). The van der Waals surface area contributed by atoms with Gasteiger partial charge < -0.3 is 15.2 Å². The number of nitrogens with two attached hydrogens (primary N) is 1. The maximum Gasteiger partial charge on any atom is 0.348 e. The van der Waals surface area contributed by atoms with Gasteiger partial charge in [-0.2, -0.15) is 0 Å². The zero-order valence-electron chi connectivity index (χ0n) is 11.4. The van der Waals surface area contributed by atoms with E-state index in [1.54, 1.807) is 13.8 Å². The Morgan fingerprint density at radius 3 is 2.47 bits per heavy atom. The Labute approximate surface area is 116 Å². The monoisotopic (exact) mass is 285 g/mol. The summed E-state index contributed by atoms with van der Waals surface area (Å²) in [5.74, 6) is -0.931. The first kappa shape index (κ1) is 15.5. The van der Waals surface area contributed by atoms with Crippen LogP contribution in [0, 0.1) is 6.92 Å². The molecule has 0 aromatic carbocycles. The number of nitrogen functional groups attached to an aromatic ring is 1.